The second kappa shape index (κ2) is 5.75. The normalized spacial score (nSPS) is 26.8. The summed E-state index contributed by atoms with van der Waals surface area (Å²) < 4.78 is 0. The Hall–Kier alpha value is -4.61. The number of anilines is 2. The minimum atomic E-state index is -2.27. The highest BCUT2D eigenvalue weighted by Gasteiger charge is 2.84. The van der Waals surface area contributed by atoms with Gasteiger partial charge in [-0.1, -0.05) is 36.4 Å². The van der Waals surface area contributed by atoms with Crippen LogP contribution in [0.15, 0.2) is 59.8 Å². The number of fused-ring (bicyclic) bond motifs is 5. The average molecular weight is 420 g/mol. The largest absolute Gasteiger partial charge is 0.399 e. The first-order valence-corrected chi connectivity index (χ1v) is 9.81. The van der Waals surface area contributed by atoms with Crippen LogP contribution in [0.5, 0.6) is 0 Å². The molecule has 2 N–H and O–H groups in total. The van der Waals surface area contributed by atoms with E-state index in [1.165, 1.54) is 16.8 Å². The molecule has 2 aromatic rings. The van der Waals surface area contributed by atoms with E-state index in [9.17, 15) is 25.4 Å². The maximum absolute atomic E-state index is 14.2. The van der Waals surface area contributed by atoms with Gasteiger partial charge in [-0.05, 0) is 23.3 Å². The summed E-state index contributed by atoms with van der Waals surface area (Å²) in [5.41, 5.74) is 1.15. The number of hydrogen-bond acceptors (Lipinski definition) is 6. The molecule has 1 aliphatic carbocycles. The van der Waals surface area contributed by atoms with E-state index in [0.717, 1.165) is 0 Å². The van der Waals surface area contributed by atoms with Crippen molar-refractivity contribution in [3.63, 3.8) is 0 Å². The molecule has 8 nitrogen and oxygen atoms in total. The first-order chi connectivity index (χ1) is 15.3. The lowest BCUT2D eigenvalue weighted by Gasteiger charge is -2.43. The summed E-state index contributed by atoms with van der Waals surface area (Å²) in [5, 5.41) is 31.1. The number of rotatable bonds is 0. The summed E-state index contributed by atoms with van der Waals surface area (Å²) in [6.07, 6.45) is 0. The number of nitriles is 3. The Bertz CT molecular complexity index is 1410. The molecule has 0 saturated carbocycles. The number of allylic oxidation sites excluding steroid dienone is 1. The van der Waals surface area contributed by atoms with Crippen LogP contribution in [0.1, 0.15) is 11.1 Å². The van der Waals surface area contributed by atoms with Crippen LogP contribution in [0.2, 0.25) is 0 Å². The Morgan fingerprint density at radius 3 is 1.88 bits per heavy atom. The van der Waals surface area contributed by atoms with Crippen molar-refractivity contribution in [3.05, 3.63) is 70.9 Å². The molecule has 2 amide bonds. The van der Waals surface area contributed by atoms with E-state index < -0.39 is 28.1 Å². The monoisotopic (exact) mass is 420 g/mol. The van der Waals surface area contributed by atoms with Crippen LogP contribution in [-0.2, 0) is 20.4 Å². The lowest BCUT2D eigenvalue weighted by Crippen LogP contribution is -2.63. The van der Waals surface area contributed by atoms with E-state index in [1.54, 1.807) is 55.6 Å². The number of nitrogens with zero attached hydrogens (tertiary/aromatic N) is 5. The minimum absolute atomic E-state index is 0.235. The van der Waals surface area contributed by atoms with Crippen molar-refractivity contribution in [2.75, 3.05) is 23.9 Å². The molecule has 2 atom stereocenters. The van der Waals surface area contributed by atoms with Gasteiger partial charge < -0.3 is 15.5 Å². The van der Waals surface area contributed by atoms with Crippen LogP contribution in [0.4, 0.5) is 11.4 Å². The van der Waals surface area contributed by atoms with Crippen molar-refractivity contribution in [2.45, 2.75) is 10.8 Å². The summed E-state index contributed by atoms with van der Waals surface area (Å²) in [6.45, 7) is 0. The van der Waals surface area contributed by atoms with Gasteiger partial charge in [0.25, 0.3) is 0 Å². The maximum Gasteiger partial charge on any atom is 0.244 e. The first-order valence-electron chi connectivity index (χ1n) is 9.81. The van der Waals surface area contributed by atoms with Crippen LogP contribution in [-0.4, -0.2) is 25.9 Å². The Kier molecular flexibility index (Phi) is 3.48. The molecule has 0 radical (unpaired) electrons. The molecule has 2 heterocycles. The number of nitrogens with two attached hydrogens (primary N) is 1. The van der Waals surface area contributed by atoms with Gasteiger partial charge in [-0.15, -0.1) is 0 Å². The quantitative estimate of drug-likeness (QED) is 0.687. The topological polar surface area (TPSA) is 138 Å². The van der Waals surface area contributed by atoms with Crippen molar-refractivity contribution in [3.8, 4) is 18.2 Å². The number of para-hydroxylation sites is 2. The van der Waals surface area contributed by atoms with E-state index in [-0.39, 0.29) is 11.3 Å². The molecule has 0 bridgehead atoms. The van der Waals surface area contributed by atoms with E-state index in [2.05, 4.69) is 0 Å². The lowest BCUT2D eigenvalue weighted by atomic mass is 9.50. The zero-order valence-corrected chi connectivity index (χ0v) is 17.2. The van der Waals surface area contributed by atoms with Crippen molar-refractivity contribution >= 4 is 23.2 Å². The Balaban J connectivity index is 2.12. The Morgan fingerprint density at radius 2 is 1.31 bits per heavy atom. The zero-order valence-electron chi connectivity index (χ0n) is 17.2. The van der Waals surface area contributed by atoms with E-state index in [1.807, 2.05) is 18.2 Å². The third kappa shape index (κ3) is 1.53. The van der Waals surface area contributed by atoms with Crippen LogP contribution in [0, 0.1) is 39.4 Å². The summed E-state index contributed by atoms with van der Waals surface area (Å²) >= 11 is 0. The second-order valence-corrected chi connectivity index (χ2v) is 8.14. The van der Waals surface area contributed by atoms with Crippen LogP contribution in [0.25, 0.3) is 0 Å². The van der Waals surface area contributed by atoms with Gasteiger partial charge in [-0.2, -0.15) is 15.8 Å². The Labute approximate surface area is 184 Å². The molecule has 0 fully saturated rings. The van der Waals surface area contributed by atoms with Gasteiger partial charge in [0.2, 0.25) is 17.2 Å². The molecule has 2 aliphatic heterocycles. The molecule has 0 saturated heterocycles. The third-order valence-corrected chi connectivity index (χ3v) is 7.21. The molecule has 3 aliphatic rings. The van der Waals surface area contributed by atoms with E-state index in [0.29, 0.717) is 22.5 Å². The van der Waals surface area contributed by atoms with Gasteiger partial charge in [0, 0.05) is 25.5 Å². The van der Waals surface area contributed by atoms with Gasteiger partial charge in [-0.25, -0.2) is 0 Å². The lowest BCUT2D eigenvalue weighted by molar-refractivity contribution is -0.134. The van der Waals surface area contributed by atoms with Crippen molar-refractivity contribution in [1.82, 2.24) is 0 Å². The molecular weight excluding hydrogens is 404 g/mol. The highest BCUT2D eigenvalue weighted by molar-refractivity contribution is 6.23. The highest BCUT2D eigenvalue weighted by Crippen LogP contribution is 2.71. The maximum atomic E-state index is 14.2. The van der Waals surface area contributed by atoms with Gasteiger partial charge in [0.1, 0.15) is 10.8 Å². The number of carbonyl (C=O) groups is 2. The fourth-order valence-electron chi connectivity index (χ4n) is 5.97. The fraction of sp³-hybridized carbons (Fsp3) is 0.208. The second-order valence-electron chi connectivity index (χ2n) is 8.14. The van der Waals surface area contributed by atoms with Crippen molar-refractivity contribution < 1.29 is 9.59 Å². The number of carbonyl (C=O) groups excluding carboxylic acids is 2. The average Bonchev–Trinajstić information content (AvgIpc) is 3.28. The first kappa shape index (κ1) is 19.4. The summed E-state index contributed by atoms with van der Waals surface area (Å²) in [7, 11) is 3.07. The summed E-state index contributed by atoms with van der Waals surface area (Å²) in [5.74, 6) is -1.21. The number of hydrogen-bond donors (Lipinski definition) is 1. The molecular formula is C24H16N6O2. The standard InChI is InChI=1S/C24H16N6O2/c1-29-17-9-5-3-7-14(17)23(20(29)31)16(11-25)19(28)22(12-26,13-27)24(23)15-8-4-6-10-18(15)30(2)21(24)32/h3-10H,28H2,1-2H3/t23-,24-/m0/s1. The van der Waals surface area contributed by atoms with E-state index >= 15 is 0 Å². The van der Waals surface area contributed by atoms with Crippen LogP contribution in [0.3, 0.4) is 0 Å². The summed E-state index contributed by atoms with van der Waals surface area (Å²) in [4.78, 5) is 31.0. The molecule has 2 aromatic carbocycles. The highest BCUT2D eigenvalue weighted by atomic mass is 16.2. The number of amides is 2. The van der Waals surface area contributed by atoms with Gasteiger partial charge in [0.05, 0.1) is 29.5 Å². The zero-order chi connectivity index (χ0) is 23.1. The fourth-order valence-corrected chi connectivity index (χ4v) is 5.97. The molecule has 32 heavy (non-hydrogen) atoms. The molecule has 8 heteroatoms. The van der Waals surface area contributed by atoms with Gasteiger partial charge in [-0.3, -0.25) is 9.59 Å². The minimum Gasteiger partial charge on any atom is -0.399 e. The van der Waals surface area contributed by atoms with Crippen molar-refractivity contribution in [1.29, 1.82) is 15.8 Å². The molecule has 0 unspecified atom stereocenters. The van der Waals surface area contributed by atoms with Gasteiger partial charge in [0.15, 0.2) is 0 Å². The van der Waals surface area contributed by atoms with Crippen molar-refractivity contribution in [2.24, 2.45) is 11.1 Å². The predicted molar refractivity (Wildman–Crippen MR) is 114 cm³/mol. The summed E-state index contributed by atoms with van der Waals surface area (Å²) in [6, 6.07) is 19.5. The molecule has 5 rings (SSSR count). The SMILES string of the molecule is CN1C(=O)[C@@]2(C(C#N)=C(N)C(C#N)(C#N)[C@]23C(=O)N(C)c2ccccc23)c2ccccc21. The van der Waals surface area contributed by atoms with Crippen LogP contribution >= 0.6 is 0 Å². The van der Waals surface area contributed by atoms with Crippen LogP contribution < -0.4 is 15.5 Å². The van der Waals surface area contributed by atoms with Gasteiger partial charge >= 0.3 is 0 Å². The van der Waals surface area contributed by atoms with E-state index in [4.69, 9.17) is 5.73 Å². The molecule has 154 valence electrons. The smallest absolute Gasteiger partial charge is 0.244 e. The number of likely N-dealkylation sites (N-methyl/N-ethyl adjacent to an activating group) is 2. The number of benzene rings is 2. The molecule has 0 aromatic heterocycles. The predicted octanol–water partition coefficient (Wildman–Crippen LogP) is 1.60. The Morgan fingerprint density at radius 1 is 0.812 bits per heavy atom. The molecule has 2 spiro atoms. The third-order valence-electron chi connectivity index (χ3n) is 7.21.